The first-order chi connectivity index (χ1) is 10.6. The zero-order chi connectivity index (χ0) is 15.4. The first kappa shape index (κ1) is 13.2. The van der Waals surface area contributed by atoms with Crippen molar-refractivity contribution >= 4 is 23.5 Å². The maximum atomic E-state index is 12.7. The lowest BCUT2D eigenvalue weighted by atomic mass is 9.63. The lowest BCUT2D eigenvalue weighted by molar-refractivity contribution is -0.255. The first-order valence-corrected chi connectivity index (χ1v) is 7.45. The van der Waals surface area contributed by atoms with Gasteiger partial charge in [-0.25, -0.2) is 4.90 Å². The zero-order valence-electron chi connectivity index (χ0n) is 11.8. The highest BCUT2D eigenvalue weighted by molar-refractivity contribution is 6.22. The number of aromatic carboxylic acids is 1. The Kier molecular flexibility index (Phi) is 2.73. The third-order valence-electron chi connectivity index (χ3n) is 5.10. The van der Waals surface area contributed by atoms with Crippen LogP contribution >= 0.6 is 0 Å². The number of hydrogen-bond donors (Lipinski definition) is 0. The number of amides is 2. The van der Waals surface area contributed by atoms with Crippen LogP contribution in [0, 0.1) is 23.7 Å². The molecule has 0 N–H and O–H groups in total. The molecule has 0 aromatic heterocycles. The van der Waals surface area contributed by atoms with Crippen LogP contribution in [-0.4, -0.2) is 17.8 Å². The number of imide groups is 1. The Morgan fingerprint density at radius 3 is 2.14 bits per heavy atom. The van der Waals surface area contributed by atoms with Crippen molar-refractivity contribution in [1.29, 1.82) is 0 Å². The number of fused-ring (bicyclic) bond motifs is 1. The Balaban J connectivity index is 1.75. The summed E-state index contributed by atoms with van der Waals surface area (Å²) in [5, 5.41) is 11.0. The number of carboxylic acid groups (broad SMARTS) is 1. The molecule has 0 unspecified atom stereocenters. The summed E-state index contributed by atoms with van der Waals surface area (Å²) >= 11 is 0. The summed E-state index contributed by atoms with van der Waals surface area (Å²) in [7, 11) is 0. The summed E-state index contributed by atoms with van der Waals surface area (Å²) in [5.74, 6) is -2.05. The summed E-state index contributed by atoms with van der Waals surface area (Å²) in [6.07, 6.45) is 5.99. The molecule has 2 bridgehead atoms. The zero-order valence-corrected chi connectivity index (χ0v) is 11.8. The van der Waals surface area contributed by atoms with Crippen LogP contribution in [0.4, 0.5) is 5.69 Å². The normalized spacial score (nSPS) is 32.5. The van der Waals surface area contributed by atoms with E-state index in [0.717, 1.165) is 12.8 Å². The van der Waals surface area contributed by atoms with E-state index in [-0.39, 0.29) is 41.0 Å². The van der Waals surface area contributed by atoms with E-state index in [1.165, 1.54) is 23.1 Å². The van der Waals surface area contributed by atoms with Gasteiger partial charge in [-0.2, -0.15) is 0 Å². The Labute approximate surface area is 127 Å². The average Bonchev–Trinajstić information content (AvgIpc) is 2.82. The number of nitrogens with zero attached hydrogens (tertiary/aromatic N) is 1. The third kappa shape index (κ3) is 1.68. The van der Waals surface area contributed by atoms with Crippen molar-refractivity contribution in [2.24, 2.45) is 23.7 Å². The monoisotopic (exact) mass is 296 g/mol. The second kappa shape index (κ2) is 4.53. The molecule has 2 fully saturated rings. The molecule has 4 aliphatic rings. The number of carboxylic acids is 1. The maximum Gasteiger partial charge on any atom is 0.238 e. The van der Waals surface area contributed by atoms with E-state index in [1.807, 2.05) is 0 Å². The van der Waals surface area contributed by atoms with Crippen LogP contribution in [0.25, 0.3) is 0 Å². The highest BCUT2D eigenvalue weighted by Crippen LogP contribution is 2.50. The van der Waals surface area contributed by atoms with Crippen LogP contribution < -0.4 is 10.0 Å². The molecule has 5 rings (SSSR count). The van der Waals surface area contributed by atoms with E-state index in [2.05, 4.69) is 12.2 Å². The Morgan fingerprint density at radius 2 is 1.64 bits per heavy atom. The Hall–Kier alpha value is -2.43. The molecule has 5 heteroatoms. The summed E-state index contributed by atoms with van der Waals surface area (Å²) in [6.45, 7) is 0. The van der Waals surface area contributed by atoms with Crippen LogP contribution in [0.5, 0.6) is 0 Å². The lowest BCUT2D eigenvalue weighted by Crippen LogP contribution is -2.38. The van der Waals surface area contributed by atoms with Crippen molar-refractivity contribution in [2.75, 3.05) is 4.90 Å². The van der Waals surface area contributed by atoms with Crippen LogP contribution in [0.2, 0.25) is 0 Å². The van der Waals surface area contributed by atoms with Crippen LogP contribution in [0.3, 0.4) is 0 Å². The molecular weight excluding hydrogens is 282 g/mol. The van der Waals surface area contributed by atoms with E-state index in [9.17, 15) is 19.5 Å². The van der Waals surface area contributed by atoms with Gasteiger partial charge in [0.25, 0.3) is 0 Å². The molecule has 1 aromatic rings. The number of benzene rings is 1. The molecule has 5 nitrogen and oxygen atoms in total. The molecule has 1 aromatic carbocycles. The SMILES string of the molecule is O=C([O-])c1cccc(N2C(=O)[C@@H]3[C@@H](C2=O)[C@H]2C=C[C@@H]3CC2)c1. The fourth-order valence-electron chi connectivity index (χ4n) is 4.10. The van der Waals surface area contributed by atoms with Gasteiger partial charge in [-0.1, -0.05) is 24.3 Å². The minimum atomic E-state index is -1.32. The number of carbonyl (C=O) groups is 3. The van der Waals surface area contributed by atoms with Crippen molar-refractivity contribution in [1.82, 2.24) is 0 Å². The molecule has 1 saturated heterocycles. The lowest BCUT2D eigenvalue weighted by Gasteiger charge is -2.38. The van der Waals surface area contributed by atoms with Crippen molar-refractivity contribution in [3.63, 3.8) is 0 Å². The second-order valence-electron chi connectivity index (χ2n) is 6.19. The summed E-state index contributed by atoms with van der Waals surface area (Å²) in [5.41, 5.74) is 0.291. The highest BCUT2D eigenvalue weighted by Gasteiger charge is 2.56. The van der Waals surface area contributed by atoms with Gasteiger partial charge >= 0.3 is 0 Å². The molecule has 1 aliphatic heterocycles. The van der Waals surface area contributed by atoms with E-state index >= 15 is 0 Å². The van der Waals surface area contributed by atoms with Gasteiger partial charge in [-0.05, 0) is 42.4 Å². The Bertz CT molecular complexity index is 691. The molecule has 0 spiro atoms. The predicted molar refractivity (Wildman–Crippen MR) is 75.6 cm³/mol. The van der Waals surface area contributed by atoms with Crippen LogP contribution in [-0.2, 0) is 9.59 Å². The molecule has 1 saturated carbocycles. The average molecular weight is 296 g/mol. The molecule has 0 radical (unpaired) electrons. The van der Waals surface area contributed by atoms with E-state index < -0.39 is 5.97 Å². The summed E-state index contributed by atoms with van der Waals surface area (Å²) in [4.78, 5) is 37.6. The summed E-state index contributed by atoms with van der Waals surface area (Å²) in [6, 6.07) is 5.84. The number of allylic oxidation sites excluding steroid dienone is 2. The smallest absolute Gasteiger partial charge is 0.238 e. The van der Waals surface area contributed by atoms with Crippen LogP contribution in [0.1, 0.15) is 23.2 Å². The predicted octanol–water partition coefficient (Wildman–Crippen LogP) is 0.752. The standard InChI is InChI=1S/C17H15NO4/c19-15-13-9-4-5-10(7-6-9)14(13)16(20)18(15)12-3-1-2-11(8-12)17(21)22/h1-5,8-10,13-14H,6-7H2,(H,21,22)/p-1/t9-,10+,13-,14-/m0/s1. The van der Waals surface area contributed by atoms with E-state index in [0.29, 0.717) is 5.69 Å². The van der Waals surface area contributed by atoms with Crippen molar-refractivity contribution in [3.05, 3.63) is 42.0 Å². The van der Waals surface area contributed by atoms with Gasteiger partial charge in [0.05, 0.1) is 23.5 Å². The van der Waals surface area contributed by atoms with Gasteiger partial charge in [0, 0.05) is 0 Å². The van der Waals surface area contributed by atoms with E-state index in [1.54, 1.807) is 6.07 Å². The van der Waals surface area contributed by atoms with E-state index in [4.69, 9.17) is 0 Å². The highest BCUT2D eigenvalue weighted by atomic mass is 16.4. The molecular formula is C17H14NO4-. The van der Waals surface area contributed by atoms with Gasteiger partial charge in [0.2, 0.25) is 11.8 Å². The van der Waals surface area contributed by atoms with Gasteiger partial charge in [-0.15, -0.1) is 0 Å². The first-order valence-electron chi connectivity index (χ1n) is 7.45. The molecule has 4 atom stereocenters. The number of anilines is 1. The number of rotatable bonds is 2. The van der Waals surface area contributed by atoms with Gasteiger partial charge in [0.1, 0.15) is 0 Å². The van der Waals surface area contributed by atoms with Gasteiger partial charge in [0.15, 0.2) is 0 Å². The number of carbonyl (C=O) groups excluding carboxylic acids is 3. The minimum absolute atomic E-state index is 0.0333. The molecule has 2 amide bonds. The van der Waals surface area contributed by atoms with Crippen molar-refractivity contribution in [2.45, 2.75) is 12.8 Å². The second-order valence-corrected chi connectivity index (χ2v) is 6.19. The van der Waals surface area contributed by atoms with Gasteiger partial charge in [-0.3, -0.25) is 9.59 Å². The quantitative estimate of drug-likeness (QED) is 0.596. The fraction of sp³-hybridized carbons (Fsp3) is 0.353. The molecule has 22 heavy (non-hydrogen) atoms. The van der Waals surface area contributed by atoms with Gasteiger partial charge < -0.3 is 9.90 Å². The fourth-order valence-corrected chi connectivity index (χ4v) is 4.10. The summed E-state index contributed by atoms with van der Waals surface area (Å²) < 4.78 is 0. The van der Waals surface area contributed by atoms with Crippen LogP contribution in [0.15, 0.2) is 36.4 Å². The largest absolute Gasteiger partial charge is 0.545 e. The number of hydrogen-bond acceptors (Lipinski definition) is 4. The molecule has 112 valence electrons. The Morgan fingerprint density at radius 1 is 1.05 bits per heavy atom. The molecule has 3 aliphatic carbocycles. The topological polar surface area (TPSA) is 77.5 Å². The molecule has 1 heterocycles. The van der Waals surface area contributed by atoms with Crippen molar-refractivity contribution in [3.8, 4) is 0 Å². The van der Waals surface area contributed by atoms with Crippen molar-refractivity contribution < 1.29 is 19.5 Å². The minimum Gasteiger partial charge on any atom is -0.545 e. The third-order valence-corrected chi connectivity index (χ3v) is 5.10. The maximum absolute atomic E-state index is 12.7.